The molecular formula is C20H19ClFN3O2S. The first kappa shape index (κ1) is 20.2. The van der Waals surface area contributed by atoms with Gasteiger partial charge in [0.2, 0.25) is 0 Å². The van der Waals surface area contributed by atoms with E-state index in [4.69, 9.17) is 21.1 Å². The van der Waals surface area contributed by atoms with Gasteiger partial charge in [-0.1, -0.05) is 41.6 Å². The van der Waals surface area contributed by atoms with Gasteiger partial charge in [-0.2, -0.15) is 0 Å². The maximum atomic E-state index is 13.6. The van der Waals surface area contributed by atoms with E-state index in [9.17, 15) is 4.39 Å². The smallest absolute Gasteiger partial charge is 0.191 e. The molecule has 3 aromatic rings. The van der Waals surface area contributed by atoms with Crippen molar-refractivity contribution in [3.05, 3.63) is 77.9 Å². The van der Waals surface area contributed by atoms with Gasteiger partial charge in [0.15, 0.2) is 22.5 Å². The lowest BCUT2D eigenvalue weighted by atomic mass is 10.3. The molecule has 8 heteroatoms. The molecule has 1 heterocycles. The van der Waals surface area contributed by atoms with Crippen molar-refractivity contribution in [1.82, 2.24) is 14.8 Å². The van der Waals surface area contributed by atoms with Crippen molar-refractivity contribution in [3.8, 4) is 11.5 Å². The van der Waals surface area contributed by atoms with Gasteiger partial charge in [0.25, 0.3) is 0 Å². The van der Waals surface area contributed by atoms with Gasteiger partial charge >= 0.3 is 0 Å². The van der Waals surface area contributed by atoms with Gasteiger partial charge < -0.3 is 9.47 Å². The molecule has 3 rings (SSSR count). The van der Waals surface area contributed by atoms with Crippen LogP contribution in [-0.4, -0.2) is 27.1 Å². The summed E-state index contributed by atoms with van der Waals surface area (Å²) in [5.74, 6) is 1.86. The maximum absolute atomic E-state index is 13.6. The van der Waals surface area contributed by atoms with E-state index in [2.05, 4.69) is 16.8 Å². The third-order valence-corrected chi connectivity index (χ3v) is 4.88. The largest absolute Gasteiger partial charge is 0.490 e. The molecule has 0 radical (unpaired) electrons. The summed E-state index contributed by atoms with van der Waals surface area (Å²) in [6.45, 7) is 4.97. The molecule has 0 aliphatic heterocycles. The van der Waals surface area contributed by atoms with E-state index in [1.165, 1.54) is 17.8 Å². The van der Waals surface area contributed by atoms with Gasteiger partial charge in [-0.05, 0) is 36.4 Å². The van der Waals surface area contributed by atoms with E-state index in [1.54, 1.807) is 48.5 Å². The van der Waals surface area contributed by atoms with Crippen molar-refractivity contribution in [2.45, 2.75) is 18.3 Å². The number of allylic oxidation sites excluding steroid dienone is 1. The minimum absolute atomic E-state index is 0.243. The number of nitrogens with zero attached hydrogens (tertiary/aromatic N) is 3. The molecule has 0 saturated carbocycles. The Hall–Kier alpha value is -2.51. The second-order valence-corrected chi connectivity index (χ2v) is 7.17. The van der Waals surface area contributed by atoms with Crippen LogP contribution in [0.5, 0.6) is 11.5 Å². The number of hydrogen-bond donors (Lipinski definition) is 0. The molecular weight excluding hydrogens is 401 g/mol. The highest BCUT2D eigenvalue weighted by Crippen LogP contribution is 2.21. The summed E-state index contributed by atoms with van der Waals surface area (Å²) in [5.41, 5.74) is 0. The SMILES string of the molecule is C=CCn1c(COc2ccc(Cl)cc2)nnc1SCCOc1ccccc1F. The van der Waals surface area contributed by atoms with Crippen molar-refractivity contribution in [2.24, 2.45) is 0 Å². The Bertz CT molecular complexity index is 918. The van der Waals surface area contributed by atoms with E-state index in [0.717, 1.165) is 5.16 Å². The van der Waals surface area contributed by atoms with Gasteiger partial charge in [0.1, 0.15) is 12.4 Å². The molecule has 0 bridgehead atoms. The molecule has 0 spiro atoms. The third-order valence-electron chi connectivity index (χ3n) is 3.70. The molecule has 0 atom stereocenters. The lowest BCUT2D eigenvalue weighted by molar-refractivity contribution is 0.289. The number of aromatic nitrogens is 3. The summed E-state index contributed by atoms with van der Waals surface area (Å²) >= 11 is 7.36. The third kappa shape index (κ3) is 5.50. The average Bonchev–Trinajstić information content (AvgIpc) is 3.08. The molecule has 5 nitrogen and oxygen atoms in total. The summed E-state index contributed by atoms with van der Waals surface area (Å²) in [6.07, 6.45) is 1.77. The molecule has 0 amide bonds. The molecule has 0 saturated heterocycles. The minimum atomic E-state index is -0.371. The quantitative estimate of drug-likeness (QED) is 0.263. The highest BCUT2D eigenvalue weighted by molar-refractivity contribution is 7.99. The van der Waals surface area contributed by atoms with E-state index >= 15 is 0 Å². The Balaban J connectivity index is 1.56. The monoisotopic (exact) mass is 419 g/mol. The first-order valence-electron chi connectivity index (χ1n) is 8.59. The lowest BCUT2D eigenvalue weighted by Crippen LogP contribution is -2.08. The van der Waals surface area contributed by atoms with Gasteiger partial charge in [0, 0.05) is 17.3 Å². The van der Waals surface area contributed by atoms with Gasteiger partial charge in [-0.25, -0.2) is 4.39 Å². The highest BCUT2D eigenvalue weighted by Gasteiger charge is 2.12. The van der Waals surface area contributed by atoms with E-state index in [1.807, 2.05) is 4.57 Å². The summed E-state index contributed by atoms with van der Waals surface area (Å²) in [7, 11) is 0. The van der Waals surface area contributed by atoms with Gasteiger partial charge in [0.05, 0.1) is 6.61 Å². The Morgan fingerprint density at radius 3 is 2.64 bits per heavy atom. The number of ether oxygens (including phenoxy) is 2. The van der Waals surface area contributed by atoms with Gasteiger partial charge in [-0.15, -0.1) is 16.8 Å². The van der Waals surface area contributed by atoms with Crippen LogP contribution in [-0.2, 0) is 13.2 Å². The first-order chi connectivity index (χ1) is 13.7. The first-order valence-corrected chi connectivity index (χ1v) is 9.95. The lowest BCUT2D eigenvalue weighted by Gasteiger charge is -2.10. The summed E-state index contributed by atoms with van der Waals surface area (Å²) in [4.78, 5) is 0. The fraction of sp³-hybridized carbons (Fsp3) is 0.200. The van der Waals surface area contributed by atoms with Crippen LogP contribution in [0.25, 0.3) is 0 Å². The molecule has 0 unspecified atom stereocenters. The second kappa shape index (κ2) is 10.1. The van der Waals surface area contributed by atoms with Crippen molar-refractivity contribution in [2.75, 3.05) is 12.4 Å². The number of halogens is 2. The number of benzene rings is 2. The van der Waals surface area contributed by atoms with Crippen LogP contribution in [0.1, 0.15) is 5.82 Å². The number of hydrogen-bond acceptors (Lipinski definition) is 5. The maximum Gasteiger partial charge on any atom is 0.191 e. The Morgan fingerprint density at radius 2 is 1.89 bits per heavy atom. The topological polar surface area (TPSA) is 49.2 Å². The van der Waals surface area contributed by atoms with Crippen LogP contribution in [0.2, 0.25) is 5.02 Å². The van der Waals surface area contributed by atoms with Crippen molar-refractivity contribution >= 4 is 23.4 Å². The standard InChI is InChI=1S/C20H19ClFN3O2S/c1-2-11-25-19(14-27-16-9-7-15(21)8-10-16)23-24-20(25)28-13-12-26-18-6-4-3-5-17(18)22/h2-10H,1,11-14H2. The molecule has 2 aromatic carbocycles. The summed E-state index contributed by atoms with van der Waals surface area (Å²) < 4.78 is 26.7. The predicted octanol–water partition coefficient (Wildman–Crippen LogP) is 5.01. The molecule has 0 aliphatic rings. The van der Waals surface area contributed by atoms with E-state index < -0.39 is 0 Å². The summed E-state index contributed by atoms with van der Waals surface area (Å²) in [5, 5.41) is 9.81. The van der Waals surface area contributed by atoms with Crippen LogP contribution >= 0.6 is 23.4 Å². The zero-order valence-electron chi connectivity index (χ0n) is 15.1. The fourth-order valence-electron chi connectivity index (χ4n) is 2.37. The van der Waals surface area contributed by atoms with Crippen molar-refractivity contribution < 1.29 is 13.9 Å². The average molecular weight is 420 g/mol. The zero-order valence-corrected chi connectivity index (χ0v) is 16.6. The highest BCUT2D eigenvalue weighted by atomic mass is 35.5. The van der Waals surface area contributed by atoms with Crippen LogP contribution in [0, 0.1) is 5.82 Å². The molecule has 146 valence electrons. The van der Waals surface area contributed by atoms with Crippen molar-refractivity contribution in [1.29, 1.82) is 0 Å². The van der Waals surface area contributed by atoms with Crippen LogP contribution < -0.4 is 9.47 Å². The Labute approximate surface area is 172 Å². The Morgan fingerprint density at radius 1 is 1.11 bits per heavy atom. The van der Waals surface area contributed by atoms with Crippen LogP contribution in [0.4, 0.5) is 4.39 Å². The number of para-hydroxylation sites is 1. The molecule has 0 aliphatic carbocycles. The van der Waals surface area contributed by atoms with Crippen molar-refractivity contribution in [3.63, 3.8) is 0 Å². The molecule has 0 N–H and O–H groups in total. The van der Waals surface area contributed by atoms with E-state index in [-0.39, 0.29) is 18.2 Å². The minimum Gasteiger partial charge on any atom is -0.490 e. The van der Waals surface area contributed by atoms with E-state index in [0.29, 0.717) is 35.5 Å². The fourth-order valence-corrected chi connectivity index (χ4v) is 3.28. The Kier molecular flexibility index (Phi) is 7.33. The normalized spacial score (nSPS) is 10.6. The number of rotatable bonds is 10. The van der Waals surface area contributed by atoms with Crippen LogP contribution in [0.15, 0.2) is 66.3 Å². The second-order valence-electron chi connectivity index (χ2n) is 5.67. The molecule has 0 fully saturated rings. The van der Waals surface area contributed by atoms with Gasteiger partial charge in [-0.3, -0.25) is 4.57 Å². The van der Waals surface area contributed by atoms with Crippen LogP contribution in [0.3, 0.4) is 0 Å². The number of thioether (sulfide) groups is 1. The molecule has 1 aromatic heterocycles. The predicted molar refractivity (Wildman–Crippen MR) is 109 cm³/mol. The molecule has 28 heavy (non-hydrogen) atoms. The zero-order chi connectivity index (χ0) is 19.8. The summed E-state index contributed by atoms with van der Waals surface area (Å²) in [6, 6.07) is 13.5.